The summed E-state index contributed by atoms with van der Waals surface area (Å²) in [4.78, 5) is 13.3. The Labute approximate surface area is 197 Å². The van der Waals surface area contributed by atoms with Gasteiger partial charge in [0, 0.05) is 10.6 Å². The first-order valence-corrected chi connectivity index (χ1v) is 12.7. The predicted octanol–water partition coefficient (Wildman–Crippen LogP) is 6.06. The summed E-state index contributed by atoms with van der Waals surface area (Å²) >= 11 is 1.03. The van der Waals surface area contributed by atoms with Gasteiger partial charge in [-0.05, 0) is 67.5 Å². The molecular weight excluding hydrogens is 472 g/mol. The van der Waals surface area contributed by atoms with Crippen LogP contribution in [-0.2, 0) is 15.5 Å². The molecule has 184 valence electrons. The molecule has 2 aromatic rings. The summed E-state index contributed by atoms with van der Waals surface area (Å²) in [5.74, 6) is -0.297. The van der Waals surface area contributed by atoms with Gasteiger partial charge in [0.05, 0.1) is 5.60 Å². The highest BCUT2D eigenvalue weighted by molar-refractivity contribution is 7.93. The van der Waals surface area contributed by atoms with Crippen LogP contribution in [0.5, 0.6) is 5.75 Å². The van der Waals surface area contributed by atoms with Crippen molar-refractivity contribution >= 4 is 33.0 Å². The van der Waals surface area contributed by atoms with Gasteiger partial charge in [-0.3, -0.25) is 0 Å². The van der Waals surface area contributed by atoms with Crippen molar-refractivity contribution in [2.75, 3.05) is 5.32 Å². The fraction of sp³-hybridized carbons (Fsp3) is 0.500. The van der Waals surface area contributed by atoms with Crippen molar-refractivity contribution in [1.29, 1.82) is 0 Å². The monoisotopic (exact) mass is 503 g/mol. The molecule has 1 aromatic carbocycles. The van der Waals surface area contributed by atoms with E-state index in [4.69, 9.17) is 5.14 Å². The minimum atomic E-state index is -3.59. The van der Waals surface area contributed by atoms with Crippen molar-refractivity contribution in [2.24, 2.45) is 9.50 Å². The second-order valence-corrected chi connectivity index (χ2v) is 12.0. The fourth-order valence-corrected chi connectivity index (χ4v) is 5.86. The van der Waals surface area contributed by atoms with E-state index in [0.717, 1.165) is 11.3 Å². The number of amides is 2. The van der Waals surface area contributed by atoms with Gasteiger partial charge in [-0.15, -0.1) is 15.7 Å². The number of anilines is 1. The van der Waals surface area contributed by atoms with Gasteiger partial charge in [0.2, 0.25) is 0 Å². The third-order valence-electron chi connectivity index (χ3n) is 4.83. The lowest BCUT2D eigenvalue weighted by atomic mass is 9.92. The molecule has 1 heterocycles. The average molecular weight is 504 g/mol. The lowest BCUT2D eigenvalue weighted by molar-refractivity contribution is -0.0499. The van der Waals surface area contributed by atoms with Crippen LogP contribution in [0, 0.1) is 6.92 Å². The summed E-state index contributed by atoms with van der Waals surface area (Å²) in [6.07, 6.45) is 0. The second kappa shape index (κ2) is 10.0. The number of alkyl halides is 2. The zero-order valence-corrected chi connectivity index (χ0v) is 21.4. The van der Waals surface area contributed by atoms with Crippen LogP contribution in [0.4, 0.5) is 19.3 Å². The Hall–Kier alpha value is -2.08. The Morgan fingerprint density at radius 3 is 2.09 bits per heavy atom. The number of aryl methyl sites for hydroxylation is 1. The number of carbonyl (C=O) groups is 1. The van der Waals surface area contributed by atoms with E-state index in [1.807, 2.05) is 27.7 Å². The Morgan fingerprint density at radius 2 is 1.70 bits per heavy atom. The van der Waals surface area contributed by atoms with Gasteiger partial charge >= 0.3 is 12.6 Å². The van der Waals surface area contributed by atoms with Gasteiger partial charge in [-0.2, -0.15) is 8.78 Å². The highest BCUT2D eigenvalue weighted by Crippen LogP contribution is 2.38. The molecule has 0 unspecified atom stereocenters. The van der Waals surface area contributed by atoms with E-state index < -0.39 is 28.2 Å². The van der Waals surface area contributed by atoms with Crippen LogP contribution in [0.15, 0.2) is 26.8 Å². The minimum Gasteiger partial charge on any atom is -0.435 e. The van der Waals surface area contributed by atoms with Crippen molar-refractivity contribution in [3.8, 4) is 5.75 Å². The Morgan fingerprint density at radius 1 is 1.18 bits per heavy atom. The van der Waals surface area contributed by atoms with E-state index in [9.17, 15) is 22.9 Å². The molecule has 0 saturated heterocycles. The highest BCUT2D eigenvalue weighted by Gasteiger charge is 2.25. The number of hydrogen-bond acceptors (Lipinski definition) is 5. The maximum absolute atomic E-state index is 13.1. The molecule has 2 amide bonds. The Balaban J connectivity index is 2.51. The molecule has 2 rings (SSSR count). The smallest absolute Gasteiger partial charge is 0.387 e. The molecule has 0 spiro atoms. The van der Waals surface area contributed by atoms with Crippen LogP contribution in [0.3, 0.4) is 0 Å². The van der Waals surface area contributed by atoms with Gasteiger partial charge in [-0.1, -0.05) is 27.7 Å². The van der Waals surface area contributed by atoms with Crippen LogP contribution in [0.1, 0.15) is 74.9 Å². The maximum Gasteiger partial charge on any atom is 0.387 e. The standard InChI is InChI=1S/C22H31F2N3O4S2/c1-11(2)15-9-14(31-20(23)24)10-16(12(3)4)18(15)26-21(28)27-33(25,30)17-8-13(5)19(32-17)22(6,7)29/h8-12,20,29H,1-7H3,(H3,25,26,27,28,30)/t33-/m1/s1. The molecule has 4 N–H and O–H groups in total. The van der Waals surface area contributed by atoms with Crippen LogP contribution in [0.2, 0.25) is 0 Å². The third-order valence-corrected chi connectivity index (χ3v) is 8.27. The summed E-state index contributed by atoms with van der Waals surface area (Å²) in [5, 5.41) is 18.8. The molecule has 0 radical (unpaired) electrons. The average Bonchev–Trinajstić information content (AvgIpc) is 3.04. The summed E-state index contributed by atoms with van der Waals surface area (Å²) in [6.45, 7) is 9.34. The number of urea groups is 1. The van der Waals surface area contributed by atoms with E-state index >= 15 is 0 Å². The number of nitrogens with zero attached hydrogens (tertiary/aromatic N) is 1. The van der Waals surface area contributed by atoms with E-state index in [-0.39, 0.29) is 21.8 Å². The number of benzene rings is 1. The molecule has 0 aliphatic heterocycles. The summed E-state index contributed by atoms with van der Waals surface area (Å²) in [6, 6.07) is 3.50. The molecule has 1 atom stereocenters. The van der Waals surface area contributed by atoms with Gasteiger partial charge in [0.15, 0.2) is 9.92 Å². The van der Waals surface area contributed by atoms with Crippen molar-refractivity contribution in [1.82, 2.24) is 0 Å². The molecular formula is C22H31F2N3O4S2. The van der Waals surface area contributed by atoms with Crippen LogP contribution in [-0.4, -0.2) is 22.0 Å². The number of ether oxygens (including phenoxy) is 1. The first kappa shape index (κ1) is 27.2. The van der Waals surface area contributed by atoms with E-state index in [2.05, 4.69) is 14.4 Å². The molecule has 0 bridgehead atoms. The lowest BCUT2D eigenvalue weighted by Gasteiger charge is -2.21. The van der Waals surface area contributed by atoms with Gasteiger partial charge < -0.3 is 15.2 Å². The summed E-state index contributed by atoms with van der Waals surface area (Å²) in [5.41, 5.74) is 1.06. The number of rotatable bonds is 7. The molecule has 0 aliphatic rings. The lowest BCUT2D eigenvalue weighted by Crippen LogP contribution is -2.18. The van der Waals surface area contributed by atoms with E-state index in [0.29, 0.717) is 27.3 Å². The van der Waals surface area contributed by atoms with Crippen LogP contribution < -0.4 is 15.2 Å². The summed E-state index contributed by atoms with van der Waals surface area (Å²) in [7, 11) is -3.59. The van der Waals surface area contributed by atoms with Crippen molar-refractivity contribution in [3.05, 3.63) is 39.8 Å². The predicted molar refractivity (Wildman–Crippen MR) is 128 cm³/mol. The maximum atomic E-state index is 13.1. The number of nitrogens with two attached hydrogens (primary N) is 1. The molecule has 1 aromatic heterocycles. The van der Waals surface area contributed by atoms with Crippen LogP contribution >= 0.6 is 11.3 Å². The quantitative estimate of drug-likeness (QED) is 0.426. The summed E-state index contributed by atoms with van der Waals surface area (Å²) < 4.78 is 47.1. The second-order valence-electron chi connectivity index (χ2n) is 8.89. The zero-order chi connectivity index (χ0) is 25.3. The number of carbonyl (C=O) groups excluding carboxylic acids is 1. The zero-order valence-electron chi connectivity index (χ0n) is 19.7. The molecule has 11 heteroatoms. The molecule has 0 aliphatic carbocycles. The first-order chi connectivity index (χ1) is 15.0. The van der Waals surface area contributed by atoms with Crippen LogP contribution in [0.25, 0.3) is 0 Å². The molecule has 33 heavy (non-hydrogen) atoms. The number of aliphatic hydroxyl groups is 1. The largest absolute Gasteiger partial charge is 0.435 e. The fourth-order valence-electron chi connectivity index (χ4n) is 3.39. The number of hydrogen-bond donors (Lipinski definition) is 3. The highest BCUT2D eigenvalue weighted by atomic mass is 32.2. The van der Waals surface area contributed by atoms with Crippen molar-refractivity contribution < 1.29 is 27.6 Å². The third kappa shape index (κ3) is 6.72. The number of nitrogens with one attached hydrogen (secondary N) is 1. The van der Waals surface area contributed by atoms with E-state index in [1.165, 1.54) is 12.1 Å². The van der Waals surface area contributed by atoms with Gasteiger partial charge in [0.25, 0.3) is 0 Å². The minimum absolute atomic E-state index is 0.0110. The molecule has 0 fully saturated rings. The number of thiophene rings is 1. The Kier molecular flexibility index (Phi) is 8.27. The van der Waals surface area contributed by atoms with Gasteiger partial charge in [0.1, 0.15) is 9.96 Å². The van der Waals surface area contributed by atoms with Crippen molar-refractivity contribution in [3.63, 3.8) is 0 Å². The Bertz CT molecular complexity index is 1120. The van der Waals surface area contributed by atoms with E-state index in [1.54, 1.807) is 26.8 Å². The SMILES string of the molecule is Cc1cc([S@](N)(=O)=NC(=O)Nc2c(C(C)C)cc(OC(F)F)cc2C(C)C)sc1C(C)(C)O. The molecule has 0 saturated carbocycles. The van der Waals surface area contributed by atoms with Gasteiger partial charge in [-0.25, -0.2) is 14.1 Å². The number of halogens is 2. The first-order valence-electron chi connectivity index (χ1n) is 10.3. The van der Waals surface area contributed by atoms with Crippen molar-refractivity contribution in [2.45, 2.75) is 76.7 Å². The topological polar surface area (TPSA) is 114 Å². The normalized spacial score (nSPS) is 14.0. The molecule has 7 nitrogen and oxygen atoms in total.